The van der Waals surface area contributed by atoms with E-state index < -0.39 is 0 Å². The quantitative estimate of drug-likeness (QED) is 0.673. The van der Waals surface area contributed by atoms with E-state index in [0.717, 1.165) is 29.6 Å². The average Bonchev–Trinajstić information content (AvgIpc) is 2.46. The molecule has 3 heteroatoms. The second-order valence-electron chi connectivity index (χ2n) is 6.59. The van der Waals surface area contributed by atoms with Crippen LogP contribution in [0.4, 0.5) is 0 Å². The molecule has 0 heterocycles. The molecule has 0 bridgehead atoms. The Labute approximate surface area is 121 Å². The molecule has 18 heavy (non-hydrogen) atoms. The second-order valence-corrected chi connectivity index (χ2v) is 8.01. The Morgan fingerprint density at radius 2 is 1.28 bits per heavy atom. The summed E-state index contributed by atoms with van der Waals surface area (Å²) in [7, 11) is 8.95. The van der Waals surface area contributed by atoms with Crippen molar-refractivity contribution in [1.82, 2.24) is 0 Å². The molecule has 6 atom stereocenters. The Kier molecular flexibility index (Phi) is 6.89. The summed E-state index contributed by atoms with van der Waals surface area (Å²) in [4.78, 5) is 0. The first-order chi connectivity index (χ1) is 8.78. The fourth-order valence-corrected chi connectivity index (χ4v) is 5.78. The smallest absolute Gasteiger partial charge is 0.0346 e. The summed E-state index contributed by atoms with van der Waals surface area (Å²) in [6.07, 6.45) is 14.6. The number of rotatable bonds is 4. The van der Waals surface area contributed by atoms with Crippen molar-refractivity contribution in [2.75, 3.05) is 18.5 Å². The molecule has 0 spiro atoms. The standard InChI is InChI=1S/C15H31P3/c16-8-11-1-4-13(5-2-11)15-6-3-12(9-17)7-14(15)10-18/h11-15H,1-10,16-18H2/t11?,12-,13?,14?,15?/m1/s1. The summed E-state index contributed by atoms with van der Waals surface area (Å²) in [5.41, 5.74) is 0. The molecule has 5 unspecified atom stereocenters. The van der Waals surface area contributed by atoms with Gasteiger partial charge in [0, 0.05) is 0 Å². The van der Waals surface area contributed by atoms with E-state index in [1.165, 1.54) is 63.4 Å². The molecule has 106 valence electrons. The Bertz CT molecular complexity index is 236. The Morgan fingerprint density at radius 3 is 1.83 bits per heavy atom. The minimum absolute atomic E-state index is 1.00. The maximum Gasteiger partial charge on any atom is -0.0346 e. The highest BCUT2D eigenvalue weighted by atomic mass is 31.0. The van der Waals surface area contributed by atoms with Gasteiger partial charge >= 0.3 is 0 Å². The molecule has 0 amide bonds. The van der Waals surface area contributed by atoms with Gasteiger partial charge in [0.1, 0.15) is 0 Å². The van der Waals surface area contributed by atoms with Crippen LogP contribution in [0.15, 0.2) is 0 Å². The van der Waals surface area contributed by atoms with Crippen molar-refractivity contribution in [3.63, 3.8) is 0 Å². The third-order valence-electron chi connectivity index (χ3n) is 5.62. The fraction of sp³-hybridized carbons (Fsp3) is 1.00. The topological polar surface area (TPSA) is 0 Å². The average molecular weight is 304 g/mol. The molecular weight excluding hydrogens is 273 g/mol. The lowest BCUT2D eigenvalue weighted by atomic mass is 9.65. The van der Waals surface area contributed by atoms with Crippen LogP contribution >= 0.6 is 27.7 Å². The largest absolute Gasteiger partial charge is 0.137 e. The summed E-state index contributed by atoms with van der Waals surface area (Å²) >= 11 is 0. The lowest BCUT2D eigenvalue weighted by Crippen LogP contribution is -2.34. The van der Waals surface area contributed by atoms with E-state index in [1.807, 2.05) is 0 Å². The first-order valence-corrected chi connectivity index (χ1v) is 10.3. The first kappa shape index (κ1) is 15.7. The Hall–Kier alpha value is 1.29. The van der Waals surface area contributed by atoms with Gasteiger partial charge in [-0.25, -0.2) is 0 Å². The van der Waals surface area contributed by atoms with Gasteiger partial charge in [-0.3, -0.25) is 0 Å². The van der Waals surface area contributed by atoms with Crippen molar-refractivity contribution in [1.29, 1.82) is 0 Å². The van der Waals surface area contributed by atoms with E-state index in [1.54, 1.807) is 0 Å². The Balaban J connectivity index is 1.88. The molecule has 0 aliphatic heterocycles. The summed E-state index contributed by atoms with van der Waals surface area (Å²) < 4.78 is 0. The van der Waals surface area contributed by atoms with Gasteiger partial charge in [0.2, 0.25) is 0 Å². The zero-order valence-corrected chi connectivity index (χ0v) is 15.2. The van der Waals surface area contributed by atoms with E-state index in [0.29, 0.717) is 0 Å². The van der Waals surface area contributed by atoms with Gasteiger partial charge in [-0.15, -0.1) is 27.7 Å². The lowest BCUT2D eigenvalue weighted by molar-refractivity contribution is 0.108. The molecule has 0 saturated heterocycles. The normalized spacial score (nSPS) is 41.8. The van der Waals surface area contributed by atoms with Crippen LogP contribution in [0.3, 0.4) is 0 Å². The first-order valence-electron chi connectivity index (χ1n) is 7.88. The van der Waals surface area contributed by atoms with Crippen LogP contribution in [-0.2, 0) is 0 Å². The van der Waals surface area contributed by atoms with Crippen molar-refractivity contribution in [2.24, 2.45) is 29.6 Å². The van der Waals surface area contributed by atoms with Crippen LogP contribution in [0, 0.1) is 29.6 Å². The van der Waals surface area contributed by atoms with E-state index >= 15 is 0 Å². The Morgan fingerprint density at radius 1 is 0.667 bits per heavy atom. The van der Waals surface area contributed by atoms with Crippen LogP contribution in [0.2, 0.25) is 0 Å². The minimum Gasteiger partial charge on any atom is -0.137 e. The van der Waals surface area contributed by atoms with Crippen molar-refractivity contribution in [3.8, 4) is 0 Å². The summed E-state index contributed by atoms with van der Waals surface area (Å²) in [6.45, 7) is 0. The van der Waals surface area contributed by atoms with E-state index in [4.69, 9.17) is 0 Å². The van der Waals surface area contributed by atoms with Gasteiger partial charge in [0.05, 0.1) is 0 Å². The molecule has 2 aliphatic rings. The highest BCUT2D eigenvalue weighted by molar-refractivity contribution is 7.16. The van der Waals surface area contributed by atoms with Gasteiger partial charge in [0.15, 0.2) is 0 Å². The number of hydrogen-bond acceptors (Lipinski definition) is 0. The fourth-order valence-electron chi connectivity index (χ4n) is 4.34. The monoisotopic (exact) mass is 304 g/mol. The van der Waals surface area contributed by atoms with Crippen molar-refractivity contribution < 1.29 is 0 Å². The molecule has 0 N–H and O–H groups in total. The van der Waals surface area contributed by atoms with Gasteiger partial charge < -0.3 is 0 Å². The highest BCUT2D eigenvalue weighted by Crippen LogP contribution is 2.45. The zero-order chi connectivity index (χ0) is 13.0. The van der Waals surface area contributed by atoms with Gasteiger partial charge in [-0.1, -0.05) is 0 Å². The predicted octanol–water partition coefficient (Wildman–Crippen LogP) is 4.45. The zero-order valence-electron chi connectivity index (χ0n) is 11.7. The molecule has 0 radical (unpaired) electrons. The van der Waals surface area contributed by atoms with Crippen LogP contribution in [0.5, 0.6) is 0 Å². The summed E-state index contributed by atoms with van der Waals surface area (Å²) in [5.74, 6) is 5.14. The molecule has 0 aromatic rings. The second kappa shape index (κ2) is 7.91. The van der Waals surface area contributed by atoms with Gasteiger partial charge in [-0.2, -0.15) is 0 Å². The van der Waals surface area contributed by atoms with E-state index in [2.05, 4.69) is 27.7 Å². The lowest BCUT2D eigenvalue weighted by Gasteiger charge is -2.42. The number of hydrogen-bond donors (Lipinski definition) is 0. The van der Waals surface area contributed by atoms with Crippen molar-refractivity contribution in [2.45, 2.75) is 44.9 Å². The summed E-state index contributed by atoms with van der Waals surface area (Å²) in [6, 6.07) is 0. The van der Waals surface area contributed by atoms with Crippen molar-refractivity contribution >= 4 is 27.7 Å². The van der Waals surface area contributed by atoms with Crippen LogP contribution < -0.4 is 0 Å². The maximum atomic E-state index is 3.03. The maximum absolute atomic E-state index is 3.03. The van der Waals surface area contributed by atoms with Crippen molar-refractivity contribution in [3.05, 3.63) is 0 Å². The van der Waals surface area contributed by atoms with E-state index in [9.17, 15) is 0 Å². The molecule has 2 saturated carbocycles. The van der Waals surface area contributed by atoms with Crippen LogP contribution in [0.25, 0.3) is 0 Å². The molecule has 2 fully saturated rings. The van der Waals surface area contributed by atoms with Crippen LogP contribution in [0.1, 0.15) is 44.9 Å². The molecule has 0 aromatic carbocycles. The van der Waals surface area contributed by atoms with Gasteiger partial charge in [0.25, 0.3) is 0 Å². The van der Waals surface area contributed by atoms with E-state index in [-0.39, 0.29) is 0 Å². The summed E-state index contributed by atoms with van der Waals surface area (Å²) in [5, 5.41) is 0. The molecule has 2 rings (SSSR count). The minimum atomic E-state index is 1.00. The van der Waals surface area contributed by atoms with Gasteiger partial charge in [-0.05, 0) is 93.0 Å². The third kappa shape index (κ3) is 3.90. The molecule has 2 aliphatic carbocycles. The predicted molar refractivity (Wildman–Crippen MR) is 93.5 cm³/mol. The van der Waals surface area contributed by atoms with Crippen LogP contribution in [-0.4, -0.2) is 18.5 Å². The third-order valence-corrected chi connectivity index (χ3v) is 7.55. The SMILES string of the molecule is PCC1CCC(C2CC[C@@H](CP)CC2CP)CC1. The highest BCUT2D eigenvalue weighted by Gasteiger charge is 2.35. The molecule has 0 aromatic heterocycles. The molecular formula is C15H31P3. The molecule has 0 nitrogen and oxygen atoms in total.